The van der Waals surface area contributed by atoms with E-state index < -0.39 is 21.1 Å². The number of hydrogen-bond acceptors (Lipinski definition) is 4. The Bertz CT molecular complexity index is 246. The van der Waals surface area contributed by atoms with E-state index in [2.05, 4.69) is 13.2 Å². The number of hydrogen-bond donors (Lipinski definition) is 0. The number of rotatable bonds is 10. The summed E-state index contributed by atoms with van der Waals surface area (Å²) in [6.07, 6.45) is 4.02. The van der Waals surface area contributed by atoms with E-state index in [1.807, 2.05) is 0 Å². The van der Waals surface area contributed by atoms with Crippen LogP contribution in [0.2, 0.25) is 8.87 Å². The van der Waals surface area contributed by atoms with Crippen molar-refractivity contribution in [3.8, 4) is 0 Å². The third kappa shape index (κ3) is 17.8. The van der Waals surface area contributed by atoms with Gasteiger partial charge in [0.15, 0.2) is 0 Å². The number of halogens is 2. The Balaban J connectivity index is -0.00000128. The molecule has 0 aliphatic heterocycles. The molecular formula is C12H20Cl2O4Sn. The first-order valence-electron chi connectivity index (χ1n) is 5.44. The molecule has 0 fully saturated rings. The van der Waals surface area contributed by atoms with Crippen LogP contribution in [-0.4, -0.2) is 46.3 Å². The summed E-state index contributed by atoms with van der Waals surface area (Å²) in [7, 11) is 0. The minimum atomic E-state index is -0.640. The van der Waals surface area contributed by atoms with Crippen LogP contribution < -0.4 is 0 Å². The van der Waals surface area contributed by atoms with Crippen LogP contribution in [0.1, 0.15) is 12.8 Å². The summed E-state index contributed by atoms with van der Waals surface area (Å²) >= 11 is -0.640. The monoisotopic (exact) mass is 418 g/mol. The SMILES string of the molecule is C=CCOC(=O)C[CH2][Sn][CH2]CC(=O)OCC=C.Cl.Cl. The summed E-state index contributed by atoms with van der Waals surface area (Å²) in [6.45, 7) is 7.47. The van der Waals surface area contributed by atoms with Crippen molar-refractivity contribution in [2.24, 2.45) is 0 Å². The fourth-order valence-electron chi connectivity index (χ4n) is 0.954. The van der Waals surface area contributed by atoms with Gasteiger partial charge in [-0.3, -0.25) is 0 Å². The van der Waals surface area contributed by atoms with Crippen molar-refractivity contribution >= 4 is 57.9 Å². The zero-order valence-electron chi connectivity index (χ0n) is 10.8. The quantitative estimate of drug-likeness (QED) is 0.237. The largest absolute Gasteiger partial charge is 0.147 e. The summed E-state index contributed by atoms with van der Waals surface area (Å²) in [5.41, 5.74) is 0. The molecule has 0 N–H and O–H groups in total. The fraction of sp³-hybridized carbons (Fsp3) is 0.500. The van der Waals surface area contributed by atoms with Crippen LogP contribution in [0.15, 0.2) is 25.3 Å². The molecule has 0 atom stereocenters. The van der Waals surface area contributed by atoms with Crippen LogP contribution in [0.3, 0.4) is 0 Å². The zero-order valence-corrected chi connectivity index (χ0v) is 15.2. The number of carbonyl (C=O) groups excluding carboxylic acids is 2. The molecule has 0 aromatic heterocycles. The molecule has 0 heterocycles. The van der Waals surface area contributed by atoms with Gasteiger partial charge < -0.3 is 0 Å². The molecule has 2 radical (unpaired) electrons. The molecule has 110 valence electrons. The summed E-state index contributed by atoms with van der Waals surface area (Å²) in [5.74, 6) is -0.361. The van der Waals surface area contributed by atoms with Crippen LogP contribution in [-0.2, 0) is 19.1 Å². The van der Waals surface area contributed by atoms with Gasteiger partial charge in [-0.2, -0.15) is 0 Å². The average Bonchev–Trinajstić information content (AvgIpc) is 2.33. The Morgan fingerprint density at radius 1 is 0.895 bits per heavy atom. The normalized spacial score (nSPS) is 8.42. The van der Waals surface area contributed by atoms with E-state index in [0.29, 0.717) is 12.8 Å². The zero-order chi connectivity index (χ0) is 12.9. The van der Waals surface area contributed by atoms with Crippen LogP contribution in [0, 0.1) is 0 Å². The van der Waals surface area contributed by atoms with Crippen LogP contribution in [0.25, 0.3) is 0 Å². The van der Waals surface area contributed by atoms with Crippen molar-refractivity contribution in [3.63, 3.8) is 0 Å². The second-order valence-corrected chi connectivity index (χ2v) is 7.47. The molecule has 0 aliphatic carbocycles. The van der Waals surface area contributed by atoms with E-state index >= 15 is 0 Å². The van der Waals surface area contributed by atoms with Gasteiger partial charge in [0, 0.05) is 0 Å². The molecule has 4 nitrogen and oxygen atoms in total. The summed E-state index contributed by atoms with van der Waals surface area (Å²) < 4.78 is 11.5. The van der Waals surface area contributed by atoms with Gasteiger partial charge in [0.05, 0.1) is 0 Å². The maximum absolute atomic E-state index is 11.1. The Morgan fingerprint density at radius 3 is 1.58 bits per heavy atom. The maximum atomic E-state index is 11.1. The van der Waals surface area contributed by atoms with Crippen molar-refractivity contribution in [3.05, 3.63) is 25.3 Å². The van der Waals surface area contributed by atoms with E-state index in [9.17, 15) is 9.59 Å². The molecular weight excluding hydrogens is 398 g/mol. The summed E-state index contributed by atoms with van der Waals surface area (Å²) in [4.78, 5) is 22.2. The van der Waals surface area contributed by atoms with Crippen molar-refractivity contribution in [1.29, 1.82) is 0 Å². The van der Waals surface area contributed by atoms with Crippen molar-refractivity contribution in [2.75, 3.05) is 13.2 Å². The molecule has 0 amide bonds. The van der Waals surface area contributed by atoms with Crippen LogP contribution in [0.4, 0.5) is 0 Å². The molecule has 0 bridgehead atoms. The van der Waals surface area contributed by atoms with Gasteiger partial charge in [0.25, 0.3) is 0 Å². The van der Waals surface area contributed by atoms with Crippen molar-refractivity contribution in [1.82, 2.24) is 0 Å². The third-order valence-electron chi connectivity index (χ3n) is 1.74. The first-order chi connectivity index (χ1) is 8.20. The third-order valence-corrected chi connectivity index (χ3v) is 5.18. The Morgan fingerprint density at radius 2 is 1.26 bits per heavy atom. The van der Waals surface area contributed by atoms with Gasteiger partial charge >= 0.3 is 112 Å². The van der Waals surface area contributed by atoms with Crippen molar-refractivity contribution in [2.45, 2.75) is 21.7 Å². The van der Waals surface area contributed by atoms with E-state index in [1.165, 1.54) is 0 Å². The van der Waals surface area contributed by atoms with E-state index in [4.69, 9.17) is 9.47 Å². The van der Waals surface area contributed by atoms with Crippen LogP contribution in [0.5, 0.6) is 0 Å². The molecule has 0 aromatic rings. The Labute approximate surface area is 137 Å². The molecule has 7 heteroatoms. The van der Waals surface area contributed by atoms with Gasteiger partial charge in [-0.15, -0.1) is 24.8 Å². The topological polar surface area (TPSA) is 52.6 Å². The van der Waals surface area contributed by atoms with Gasteiger partial charge in [0.2, 0.25) is 0 Å². The second-order valence-electron chi connectivity index (χ2n) is 3.19. The van der Waals surface area contributed by atoms with Gasteiger partial charge in [-0.05, 0) is 0 Å². The molecule has 19 heavy (non-hydrogen) atoms. The van der Waals surface area contributed by atoms with Crippen molar-refractivity contribution < 1.29 is 19.1 Å². The standard InChI is InChI=1S/2C6H9O2.2ClH.Sn/c2*1-3-5-8-6(7)4-2;;;/h2*3H,1-2,4-5H2;2*1H;. The van der Waals surface area contributed by atoms with E-state index in [0.717, 1.165) is 8.87 Å². The molecule has 0 aromatic carbocycles. The first kappa shape index (κ1) is 23.9. The predicted molar refractivity (Wildman–Crippen MR) is 81.4 cm³/mol. The summed E-state index contributed by atoms with van der Waals surface area (Å²) in [6, 6.07) is 0. The minimum Gasteiger partial charge on any atom is -0.147 e. The molecule has 0 saturated carbocycles. The van der Waals surface area contributed by atoms with E-state index in [-0.39, 0.29) is 50.0 Å². The second kappa shape index (κ2) is 17.8. The van der Waals surface area contributed by atoms with E-state index in [1.54, 1.807) is 12.2 Å². The maximum Gasteiger partial charge on any atom is -0.147 e. The first-order valence-corrected chi connectivity index (χ1v) is 9.48. The van der Waals surface area contributed by atoms with Gasteiger partial charge in [-0.25, -0.2) is 0 Å². The van der Waals surface area contributed by atoms with Gasteiger partial charge in [-0.1, -0.05) is 0 Å². The van der Waals surface area contributed by atoms with Gasteiger partial charge in [0.1, 0.15) is 0 Å². The molecule has 0 rings (SSSR count). The smallest absolute Gasteiger partial charge is 0.147 e. The molecule has 0 aliphatic rings. The predicted octanol–water partition coefficient (Wildman–Crippen LogP) is 2.61. The molecule has 0 spiro atoms. The fourth-order valence-corrected chi connectivity index (χ4v) is 3.84. The number of carbonyl (C=O) groups is 2. The Hall–Kier alpha value is -0.201. The Kier molecular flexibility index (Phi) is 22.4. The number of esters is 2. The minimum absolute atomic E-state index is 0. The average molecular weight is 418 g/mol. The molecule has 0 unspecified atom stereocenters. The summed E-state index contributed by atoms with van der Waals surface area (Å²) in [5, 5.41) is 0. The van der Waals surface area contributed by atoms with Crippen LogP contribution >= 0.6 is 24.8 Å². The molecule has 0 saturated heterocycles. The number of ether oxygens (including phenoxy) is 2.